The lowest BCUT2D eigenvalue weighted by Gasteiger charge is -2.55. The summed E-state index contributed by atoms with van der Waals surface area (Å²) in [6, 6.07) is 12.2. The summed E-state index contributed by atoms with van der Waals surface area (Å²) >= 11 is 0. The fourth-order valence-electron chi connectivity index (χ4n) is 8.44. The van der Waals surface area contributed by atoms with Gasteiger partial charge in [-0.1, -0.05) is 48.7 Å². The molecule has 1 aromatic carbocycles. The summed E-state index contributed by atoms with van der Waals surface area (Å²) in [5.74, 6) is 1.96. The minimum absolute atomic E-state index is 0.359. The second-order valence-electron chi connectivity index (χ2n) is 10.9. The molecular formula is C29H37NO. The van der Waals surface area contributed by atoms with Crippen LogP contribution in [0.4, 0.5) is 0 Å². The van der Waals surface area contributed by atoms with E-state index >= 15 is 0 Å². The Balaban J connectivity index is 1.41. The number of nitrogens with zero attached hydrogens (tertiary/aromatic N) is 1. The van der Waals surface area contributed by atoms with Crippen LogP contribution >= 0.6 is 0 Å². The van der Waals surface area contributed by atoms with Gasteiger partial charge in [-0.3, -0.25) is 9.69 Å². The van der Waals surface area contributed by atoms with E-state index < -0.39 is 0 Å². The molecule has 2 nitrogen and oxygen atoms in total. The van der Waals surface area contributed by atoms with E-state index in [0.717, 1.165) is 31.1 Å². The van der Waals surface area contributed by atoms with Crippen molar-refractivity contribution in [3.63, 3.8) is 0 Å². The Labute approximate surface area is 187 Å². The van der Waals surface area contributed by atoms with Crippen LogP contribution in [0.5, 0.6) is 0 Å². The Morgan fingerprint density at radius 3 is 2.55 bits per heavy atom. The Morgan fingerprint density at radius 1 is 0.871 bits per heavy atom. The zero-order chi connectivity index (χ0) is 20.8. The molecule has 4 atom stereocenters. The number of hydrogen-bond acceptors (Lipinski definition) is 2. The molecule has 1 aromatic rings. The highest BCUT2D eigenvalue weighted by Crippen LogP contribution is 2.65. The summed E-state index contributed by atoms with van der Waals surface area (Å²) in [6.07, 6.45) is 17.2. The van der Waals surface area contributed by atoms with Crippen LogP contribution in [-0.2, 0) is 4.79 Å². The van der Waals surface area contributed by atoms with Crippen LogP contribution < -0.4 is 0 Å². The van der Waals surface area contributed by atoms with Crippen LogP contribution in [-0.4, -0.2) is 23.8 Å². The molecule has 1 aliphatic heterocycles. The normalized spacial score (nSPS) is 34.6. The van der Waals surface area contributed by atoms with Crippen molar-refractivity contribution in [1.82, 2.24) is 4.90 Å². The molecule has 0 aromatic heterocycles. The fraction of sp³-hybridized carbons (Fsp3) is 0.621. The summed E-state index contributed by atoms with van der Waals surface area (Å²) in [5, 5.41) is 0. The maximum absolute atomic E-state index is 12.0. The lowest BCUT2D eigenvalue weighted by atomic mass is 9.54. The quantitative estimate of drug-likeness (QED) is 0.542. The first-order valence-corrected chi connectivity index (χ1v) is 13.0. The smallest absolute Gasteiger partial charge is 0.156 e. The lowest BCUT2D eigenvalue weighted by molar-refractivity contribution is -0.114. The van der Waals surface area contributed by atoms with E-state index in [1.54, 1.807) is 16.7 Å². The number of hydrogen-bond donors (Lipinski definition) is 0. The molecule has 4 aliphatic carbocycles. The molecule has 0 spiro atoms. The van der Waals surface area contributed by atoms with E-state index in [2.05, 4.69) is 35.2 Å². The standard InChI is InChI=1S/C29H37NO/c31-23-12-14-24-22(20-23)11-13-26-25(24)15-17-29(16-7-10-27(26)29)28(21-8-3-1-4-9-21)30-18-5-2-6-19-30/h1,3-4,8-9,20,26-28H,2,5-7,10-19H2/t26-,27+,28?,29-/m1/s1. The van der Waals surface area contributed by atoms with Crippen molar-refractivity contribution >= 4 is 5.78 Å². The number of piperidine rings is 1. The molecule has 0 N–H and O–H groups in total. The van der Waals surface area contributed by atoms with Gasteiger partial charge in [0.05, 0.1) is 0 Å². The maximum atomic E-state index is 12.0. The Bertz CT molecular complexity index is 906. The average Bonchev–Trinajstić information content (AvgIpc) is 3.25. The summed E-state index contributed by atoms with van der Waals surface area (Å²) < 4.78 is 0. The zero-order valence-corrected chi connectivity index (χ0v) is 19.0. The largest absolute Gasteiger partial charge is 0.296 e. The number of carbonyl (C=O) groups is 1. The predicted molar refractivity (Wildman–Crippen MR) is 126 cm³/mol. The summed E-state index contributed by atoms with van der Waals surface area (Å²) in [7, 11) is 0. The van der Waals surface area contributed by atoms with Gasteiger partial charge in [0.15, 0.2) is 5.78 Å². The van der Waals surface area contributed by atoms with Gasteiger partial charge in [0.2, 0.25) is 0 Å². The van der Waals surface area contributed by atoms with Gasteiger partial charge in [-0.15, -0.1) is 0 Å². The molecule has 31 heavy (non-hydrogen) atoms. The highest BCUT2D eigenvalue weighted by molar-refractivity contribution is 5.93. The highest BCUT2D eigenvalue weighted by atomic mass is 16.1. The van der Waals surface area contributed by atoms with Crippen molar-refractivity contribution in [3.05, 3.63) is 58.7 Å². The van der Waals surface area contributed by atoms with E-state index in [9.17, 15) is 4.79 Å². The first-order valence-electron chi connectivity index (χ1n) is 13.0. The Hall–Kier alpha value is -1.67. The molecule has 2 saturated carbocycles. The second-order valence-corrected chi connectivity index (χ2v) is 10.9. The summed E-state index contributed by atoms with van der Waals surface area (Å²) in [6.45, 7) is 2.56. The molecule has 6 rings (SSSR count). The zero-order valence-electron chi connectivity index (χ0n) is 19.0. The van der Waals surface area contributed by atoms with Crippen LogP contribution in [0.2, 0.25) is 0 Å². The molecule has 3 fully saturated rings. The van der Waals surface area contributed by atoms with Crippen molar-refractivity contribution in [2.45, 2.75) is 83.1 Å². The van der Waals surface area contributed by atoms with E-state index in [4.69, 9.17) is 0 Å². The molecular weight excluding hydrogens is 378 g/mol. The van der Waals surface area contributed by atoms with Crippen molar-refractivity contribution in [3.8, 4) is 0 Å². The monoisotopic (exact) mass is 415 g/mol. The van der Waals surface area contributed by atoms with Gasteiger partial charge >= 0.3 is 0 Å². The lowest BCUT2D eigenvalue weighted by Crippen LogP contribution is -2.49. The summed E-state index contributed by atoms with van der Waals surface area (Å²) in [5.41, 5.74) is 6.82. The predicted octanol–water partition coefficient (Wildman–Crippen LogP) is 6.79. The molecule has 1 unspecified atom stereocenters. The van der Waals surface area contributed by atoms with E-state index in [1.807, 2.05) is 6.08 Å². The Morgan fingerprint density at radius 2 is 1.71 bits per heavy atom. The van der Waals surface area contributed by atoms with Gasteiger partial charge in [0.1, 0.15) is 0 Å². The molecule has 2 heteroatoms. The number of benzene rings is 1. The maximum Gasteiger partial charge on any atom is 0.156 e. The van der Waals surface area contributed by atoms with Crippen LogP contribution in [0.3, 0.4) is 0 Å². The van der Waals surface area contributed by atoms with Crippen LogP contribution in [0, 0.1) is 17.3 Å². The molecule has 164 valence electrons. The molecule has 5 aliphatic rings. The third-order valence-electron chi connectivity index (χ3n) is 9.56. The third-order valence-corrected chi connectivity index (χ3v) is 9.56. The minimum atomic E-state index is 0.359. The van der Waals surface area contributed by atoms with Crippen molar-refractivity contribution in [2.24, 2.45) is 17.3 Å². The number of likely N-dealkylation sites (tertiary alicyclic amines) is 1. The molecule has 1 heterocycles. The number of fused-ring (bicyclic) bond motifs is 4. The summed E-state index contributed by atoms with van der Waals surface area (Å²) in [4.78, 5) is 14.9. The first-order chi connectivity index (χ1) is 15.3. The van der Waals surface area contributed by atoms with Gasteiger partial charge in [0, 0.05) is 12.5 Å². The fourth-order valence-corrected chi connectivity index (χ4v) is 8.44. The van der Waals surface area contributed by atoms with Gasteiger partial charge in [-0.25, -0.2) is 0 Å². The first kappa shape index (κ1) is 20.0. The van der Waals surface area contributed by atoms with Crippen LogP contribution in [0.1, 0.15) is 88.7 Å². The van der Waals surface area contributed by atoms with Crippen molar-refractivity contribution in [1.29, 1.82) is 0 Å². The molecule has 0 amide bonds. The topological polar surface area (TPSA) is 20.3 Å². The average molecular weight is 416 g/mol. The van der Waals surface area contributed by atoms with Crippen LogP contribution in [0.25, 0.3) is 0 Å². The minimum Gasteiger partial charge on any atom is -0.296 e. The molecule has 0 bridgehead atoms. The van der Waals surface area contributed by atoms with Gasteiger partial charge in [-0.05, 0) is 111 Å². The second kappa shape index (κ2) is 8.03. The SMILES string of the molecule is O=C1C=C2CC[C@@H]3C(=C2CC1)CC[C@]1(C(c2ccccc2)N2CCCCC2)CCC[C@@H]31. The molecule has 0 radical (unpaired) electrons. The van der Waals surface area contributed by atoms with Crippen molar-refractivity contribution < 1.29 is 4.79 Å². The van der Waals surface area contributed by atoms with Gasteiger partial charge in [0.25, 0.3) is 0 Å². The van der Waals surface area contributed by atoms with Gasteiger partial charge < -0.3 is 0 Å². The number of carbonyl (C=O) groups excluding carboxylic acids is 1. The van der Waals surface area contributed by atoms with E-state index in [0.29, 0.717) is 17.2 Å². The number of rotatable bonds is 3. The number of allylic oxidation sites excluding steroid dienone is 4. The van der Waals surface area contributed by atoms with Crippen LogP contribution in [0.15, 0.2) is 53.1 Å². The third kappa shape index (κ3) is 3.28. The highest BCUT2D eigenvalue weighted by Gasteiger charge is 2.56. The van der Waals surface area contributed by atoms with Crippen molar-refractivity contribution in [2.75, 3.05) is 13.1 Å². The number of ketones is 1. The van der Waals surface area contributed by atoms with E-state index in [1.165, 1.54) is 76.5 Å². The van der Waals surface area contributed by atoms with E-state index in [-0.39, 0.29) is 0 Å². The van der Waals surface area contributed by atoms with Gasteiger partial charge in [-0.2, -0.15) is 0 Å². The Kier molecular flexibility index (Phi) is 5.17. The molecule has 1 saturated heterocycles.